The molecule has 0 bridgehead atoms. The molecule has 0 unspecified atom stereocenters. The maximum Gasteiger partial charge on any atom is 0.573 e. The van der Waals surface area contributed by atoms with Crippen molar-refractivity contribution in [2.75, 3.05) is 6.61 Å². The summed E-state index contributed by atoms with van der Waals surface area (Å²) in [6.45, 7) is 3.07. The van der Waals surface area contributed by atoms with Crippen LogP contribution in [0.3, 0.4) is 0 Å². The molecule has 0 aliphatic heterocycles. The standard InChI is InChI=1S/C12H15F3N2O3/c1-3-19-10(18)4-8-6-17-7(2)9(5-16)11(8)20-12(13,14)15/h6H,3-5,16H2,1-2H3. The highest BCUT2D eigenvalue weighted by Crippen LogP contribution is 2.31. The number of esters is 1. The van der Waals surface area contributed by atoms with Gasteiger partial charge in [-0.05, 0) is 13.8 Å². The topological polar surface area (TPSA) is 74.4 Å². The van der Waals surface area contributed by atoms with Gasteiger partial charge >= 0.3 is 12.3 Å². The van der Waals surface area contributed by atoms with Crippen LogP contribution in [-0.4, -0.2) is 23.9 Å². The number of aryl methyl sites for hydroxylation is 1. The first-order chi connectivity index (χ1) is 9.28. The number of aromatic nitrogens is 1. The number of hydrogen-bond acceptors (Lipinski definition) is 5. The third-order valence-corrected chi connectivity index (χ3v) is 2.48. The molecule has 0 aromatic carbocycles. The van der Waals surface area contributed by atoms with E-state index in [4.69, 9.17) is 10.5 Å². The number of hydrogen-bond donors (Lipinski definition) is 1. The molecule has 1 aromatic heterocycles. The highest BCUT2D eigenvalue weighted by Gasteiger charge is 2.34. The van der Waals surface area contributed by atoms with Crippen molar-refractivity contribution in [3.63, 3.8) is 0 Å². The lowest BCUT2D eigenvalue weighted by atomic mass is 10.1. The quantitative estimate of drug-likeness (QED) is 0.838. The van der Waals surface area contributed by atoms with E-state index in [1.165, 1.54) is 6.92 Å². The minimum Gasteiger partial charge on any atom is -0.466 e. The van der Waals surface area contributed by atoms with Crippen molar-refractivity contribution < 1.29 is 27.4 Å². The second kappa shape index (κ2) is 6.56. The van der Waals surface area contributed by atoms with Gasteiger partial charge in [-0.15, -0.1) is 13.2 Å². The fourth-order valence-electron chi connectivity index (χ4n) is 1.65. The average Bonchev–Trinajstić information content (AvgIpc) is 2.31. The summed E-state index contributed by atoms with van der Waals surface area (Å²) >= 11 is 0. The molecule has 0 saturated carbocycles. The van der Waals surface area contributed by atoms with Crippen LogP contribution in [-0.2, 0) is 22.5 Å². The lowest BCUT2D eigenvalue weighted by molar-refractivity contribution is -0.275. The van der Waals surface area contributed by atoms with E-state index in [1.807, 2.05) is 0 Å². The number of pyridine rings is 1. The Morgan fingerprint density at radius 2 is 2.10 bits per heavy atom. The van der Waals surface area contributed by atoms with Crippen molar-refractivity contribution in [3.8, 4) is 5.75 Å². The molecule has 0 atom stereocenters. The largest absolute Gasteiger partial charge is 0.573 e. The summed E-state index contributed by atoms with van der Waals surface area (Å²) < 4.78 is 46.1. The Balaban J connectivity index is 3.18. The van der Waals surface area contributed by atoms with E-state index in [0.29, 0.717) is 5.69 Å². The summed E-state index contributed by atoms with van der Waals surface area (Å²) in [6.07, 6.45) is -4.08. The van der Waals surface area contributed by atoms with Gasteiger partial charge in [0.1, 0.15) is 5.75 Å². The minimum absolute atomic E-state index is 0.00757. The van der Waals surface area contributed by atoms with Crippen LogP contribution in [0.2, 0.25) is 0 Å². The molecular formula is C12H15F3N2O3. The van der Waals surface area contributed by atoms with Crippen molar-refractivity contribution in [1.82, 2.24) is 4.98 Å². The van der Waals surface area contributed by atoms with E-state index in [9.17, 15) is 18.0 Å². The summed E-state index contributed by atoms with van der Waals surface area (Å²) in [4.78, 5) is 15.3. The van der Waals surface area contributed by atoms with E-state index >= 15 is 0 Å². The van der Waals surface area contributed by atoms with Gasteiger partial charge in [0.15, 0.2) is 0 Å². The molecule has 5 nitrogen and oxygen atoms in total. The molecule has 0 amide bonds. The molecule has 8 heteroatoms. The molecule has 0 aliphatic carbocycles. The summed E-state index contributed by atoms with van der Waals surface area (Å²) in [7, 11) is 0. The van der Waals surface area contributed by atoms with Crippen LogP contribution in [0.15, 0.2) is 6.20 Å². The van der Waals surface area contributed by atoms with Gasteiger partial charge in [-0.25, -0.2) is 0 Å². The van der Waals surface area contributed by atoms with Crippen LogP contribution in [0.25, 0.3) is 0 Å². The highest BCUT2D eigenvalue weighted by atomic mass is 19.4. The van der Waals surface area contributed by atoms with E-state index in [-0.39, 0.29) is 30.7 Å². The first kappa shape index (κ1) is 16.2. The highest BCUT2D eigenvalue weighted by molar-refractivity contribution is 5.73. The van der Waals surface area contributed by atoms with Crippen molar-refractivity contribution >= 4 is 5.97 Å². The number of carbonyl (C=O) groups excluding carboxylic acids is 1. The zero-order valence-corrected chi connectivity index (χ0v) is 11.1. The summed E-state index contributed by atoms with van der Waals surface area (Å²) in [5.41, 5.74) is 5.85. The predicted molar refractivity (Wildman–Crippen MR) is 63.9 cm³/mol. The van der Waals surface area contributed by atoms with Crippen molar-refractivity contribution in [1.29, 1.82) is 0 Å². The van der Waals surface area contributed by atoms with Crippen LogP contribution >= 0.6 is 0 Å². The van der Waals surface area contributed by atoms with E-state index < -0.39 is 18.1 Å². The van der Waals surface area contributed by atoms with E-state index in [1.54, 1.807) is 6.92 Å². The molecule has 1 rings (SSSR count). The van der Waals surface area contributed by atoms with Crippen molar-refractivity contribution in [2.24, 2.45) is 5.73 Å². The maximum absolute atomic E-state index is 12.5. The van der Waals surface area contributed by atoms with Gasteiger partial charge < -0.3 is 15.2 Å². The van der Waals surface area contributed by atoms with Gasteiger partial charge in [-0.3, -0.25) is 9.78 Å². The van der Waals surface area contributed by atoms with Gasteiger partial charge in [0.2, 0.25) is 0 Å². The third kappa shape index (κ3) is 4.37. The number of nitrogens with zero attached hydrogens (tertiary/aromatic N) is 1. The third-order valence-electron chi connectivity index (χ3n) is 2.48. The Bertz CT molecular complexity index is 490. The average molecular weight is 292 g/mol. The molecule has 0 saturated heterocycles. The number of alkyl halides is 3. The molecule has 0 spiro atoms. The van der Waals surface area contributed by atoms with Crippen LogP contribution < -0.4 is 10.5 Å². The summed E-state index contributed by atoms with van der Waals surface area (Å²) in [5.74, 6) is -1.13. The molecular weight excluding hydrogens is 277 g/mol. The maximum atomic E-state index is 12.5. The second-order valence-corrected chi connectivity index (χ2v) is 3.91. The molecule has 0 fully saturated rings. The number of halogens is 3. The summed E-state index contributed by atoms with van der Waals surface area (Å²) in [6, 6.07) is 0. The van der Waals surface area contributed by atoms with Gasteiger partial charge in [0.25, 0.3) is 0 Å². The Labute approximate surface area is 113 Å². The van der Waals surface area contributed by atoms with Crippen LogP contribution in [0.4, 0.5) is 13.2 Å². The fraction of sp³-hybridized carbons (Fsp3) is 0.500. The Morgan fingerprint density at radius 1 is 1.45 bits per heavy atom. The second-order valence-electron chi connectivity index (χ2n) is 3.91. The summed E-state index contributed by atoms with van der Waals surface area (Å²) in [5, 5.41) is 0. The predicted octanol–water partition coefficient (Wildman–Crippen LogP) is 1.85. The Hall–Kier alpha value is -1.83. The number of nitrogens with two attached hydrogens (primary N) is 1. The van der Waals surface area contributed by atoms with E-state index in [0.717, 1.165) is 6.20 Å². The zero-order chi connectivity index (χ0) is 15.3. The number of carbonyl (C=O) groups is 1. The Kier molecular flexibility index (Phi) is 5.32. The fourth-order valence-corrected chi connectivity index (χ4v) is 1.65. The van der Waals surface area contributed by atoms with Crippen LogP contribution in [0.5, 0.6) is 5.75 Å². The molecule has 112 valence electrons. The van der Waals surface area contributed by atoms with Gasteiger partial charge in [0, 0.05) is 29.6 Å². The number of ether oxygens (including phenoxy) is 2. The normalized spacial score (nSPS) is 11.3. The molecule has 1 heterocycles. The SMILES string of the molecule is CCOC(=O)Cc1cnc(C)c(CN)c1OC(F)(F)F. The van der Waals surface area contributed by atoms with E-state index in [2.05, 4.69) is 9.72 Å². The zero-order valence-electron chi connectivity index (χ0n) is 11.1. The molecule has 0 radical (unpaired) electrons. The van der Waals surface area contributed by atoms with Gasteiger partial charge in [0.05, 0.1) is 13.0 Å². The van der Waals surface area contributed by atoms with Crippen molar-refractivity contribution in [2.45, 2.75) is 33.2 Å². The van der Waals surface area contributed by atoms with Gasteiger partial charge in [-0.1, -0.05) is 0 Å². The molecule has 20 heavy (non-hydrogen) atoms. The smallest absolute Gasteiger partial charge is 0.466 e. The molecule has 2 N–H and O–H groups in total. The van der Waals surface area contributed by atoms with Crippen LogP contribution in [0, 0.1) is 6.92 Å². The Morgan fingerprint density at radius 3 is 2.60 bits per heavy atom. The van der Waals surface area contributed by atoms with Crippen molar-refractivity contribution in [3.05, 3.63) is 23.0 Å². The minimum atomic E-state index is -4.87. The van der Waals surface area contributed by atoms with Crippen LogP contribution in [0.1, 0.15) is 23.7 Å². The monoisotopic (exact) mass is 292 g/mol. The first-order valence-corrected chi connectivity index (χ1v) is 5.87. The molecule has 0 aliphatic rings. The number of rotatable bonds is 5. The first-order valence-electron chi connectivity index (χ1n) is 5.87. The molecule has 1 aromatic rings. The lowest BCUT2D eigenvalue weighted by Gasteiger charge is -2.17. The van der Waals surface area contributed by atoms with Gasteiger partial charge in [-0.2, -0.15) is 0 Å². The lowest BCUT2D eigenvalue weighted by Crippen LogP contribution is -2.21.